The number of nitrogens with one attached hydrogen (secondary N) is 1. The van der Waals surface area contributed by atoms with Crippen molar-refractivity contribution in [3.63, 3.8) is 0 Å². The third-order valence-electron chi connectivity index (χ3n) is 3.54. The Hall–Kier alpha value is -1.16. The van der Waals surface area contributed by atoms with Crippen LogP contribution >= 0.6 is 23.4 Å². The van der Waals surface area contributed by atoms with Crippen LogP contribution in [0.15, 0.2) is 53.4 Å². The fraction of sp³-hybridized carbons (Fsp3) is 0.294. The monoisotopic (exact) mass is 319 g/mol. The predicted molar refractivity (Wildman–Crippen MR) is 89.5 cm³/mol. The van der Waals surface area contributed by atoms with E-state index in [1.165, 1.54) is 10.5 Å². The van der Waals surface area contributed by atoms with Crippen LogP contribution in [0.2, 0.25) is 5.02 Å². The Bertz CT molecular complexity index is 619. The minimum absolute atomic E-state index is 0.295. The molecule has 2 aromatic carbocycles. The SMILES string of the molecule is CCNC1c2ccccc2OCC1Sc1cccc(Cl)c1. The van der Waals surface area contributed by atoms with E-state index < -0.39 is 0 Å². The average Bonchev–Trinajstić information content (AvgIpc) is 2.50. The van der Waals surface area contributed by atoms with Gasteiger partial charge in [-0.3, -0.25) is 0 Å². The van der Waals surface area contributed by atoms with Crippen LogP contribution in [0.1, 0.15) is 18.5 Å². The van der Waals surface area contributed by atoms with Gasteiger partial charge in [-0.1, -0.05) is 42.8 Å². The lowest BCUT2D eigenvalue weighted by molar-refractivity contribution is 0.261. The molecule has 2 atom stereocenters. The molecule has 2 unspecified atom stereocenters. The normalized spacial score (nSPS) is 20.7. The molecular weight excluding hydrogens is 302 g/mol. The van der Waals surface area contributed by atoms with Gasteiger partial charge in [0.05, 0.1) is 11.3 Å². The molecule has 0 fully saturated rings. The molecule has 0 aliphatic carbocycles. The van der Waals surface area contributed by atoms with E-state index in [9.17, 15) is 0 Å². The second-order valence-corrected chi connectivity index (χ2v) is 6.75. The molecule has 1 aliphatic rings. The van der Waals surface area contributed by atoms with Gasteiger partial charge in [0, 0.05) is 15.5 Å². The van der Waals surface area contributed by atoms with Gasteiger partial charge in [0.1, 0.15) is 12.4 Å². The Morgan fingerprint density at radius 2 is 2.10 bits per heavy atom. The van der Waals surface area contributed by atoms with Crippen molar-refractivity contribution in [3.8, 4) is 5.75 Å². The summed E-state index contributed by atoms with van der Waals surface area (Å²) < 4.78 is 5.92. The summed E-state index contributed by atoms with van der Waals surface area (Å²) in [6, 6.07) is 16.6. The standard InChI is InChI=1S/C17H18ClNOS/c1-2-19-17-14-8-3-4-9-15(14)20-11-16(17)21-13-7-5-6-12(18)10-13/h3-10,16-17,19H,2,11H2,1H3. The van der Waals surface area contributed by atoms with Gasteiger partial charge in [-0.15, -0.1) is 11.8 Å². The molecule has 0 bridgehead atoms. The maximum atomic E-state index is 6.08. The molecule has 0 spiro atoms. The maximum Gasteiger partial charge on any atom is 0.124 e. The van der Waals surface area contributed by atoms with Crippen LogP contribution in [0.25, 0.3) is 0 Å². The molecule has 1 aliphatic heterocycles. The summed E-state index contributed by atoms with van der Waals surface area (Å²) in [4.78, 5) is 1.18. The first-order valence-electron chi connectivity index (χ1n) is 7.15. The summed E-state index contributed by atoms with van der Waals surface area (Å²) in [5.41, 5.74) is 1.24. The highest BCUT2D eigenvalue weighted by atomic mass is 35.5. The van der Waals surface area contributed by atoms with Crippen molar-refractivity contribution in [2.24, 2.45) is 0 Å². The predicted octanol–water partition coefficient (Wildman–Crippen LogP) is 4.54. The van der Waals surface area contributed by atoms with Gasteiger partial charge < -0.3 is 10.1 Å². The molecule has 2 aromatic rings. The molecule has 0 amide bonds. The Morgan fingerprint density at radius 1 is 1.24 bits per heavy atom. The summed E-state index contributed by atoms with van der Waals surface area (Å²) in [6.07, 6.45) is 0. The fourth-order valence-electron chi connectivity index (χ4n) is 2.62. The number of fused-ring (bicyclic) bond motifs is 1. The van der Waals surface area contributed by atoms with Crippen LogP contribution in [-0.2, 0) is 0 Å². The van der Waals surface area contributed by atoms with E-state index in [-0.39, 0.29) is 0 Å². The van der Waals surface area contributed by atoms with Crippen molar-refractivity contribution >= 4 is 23.4 Å². The lowest BCUT2D eigenvalue weighted by Crippen LogP contribution is -2.37. The van der Waals surface area contributed by atoms with E-state index >= 15 is 0 Å². The van der Waals surface area contributed by atoms with Crippen LogP contribution in [0.5, 0.6) is 5.75 Å². The van der Waals surface area contributed by atoms with Crippen molar-refractivity contribution in [2.45, 2.75) is 23.1 Å². The molecule has 0 radical (unpaired) electrons. The molecule has 3 rings (SSSR count). The zero-order valence-electron chi connectivity index (χ0n) is 11.9. The highest BCUT2D eigenvalue weighted by Crippen LogP contribution is 2.40. The van der Waals surface area contributed by atoms with Gasteiger partial charge in [-0.05, 0) is 30.8 Å². The summed E-state index contributed by atoms with van der Waals surface area (Å²) >= 11 is 7.90. The second-order valence-electron chi connectivity index (χ2n) is 5.00. The summed E-state index contributed by atoms with van der Waals surface area (Å²) in [5.74, 6) is 0.992. The van der Waals surface area contributed by atoms with Gasteiger partial charge in [-0.2, -0.15) is 0 Å². The lowest BCUT2D eigenvalue weighted by atomic mass is 10.0. The van der Waals surface area contributed by atoms with Crippen molar-refractivity contribution in [1.29, 1.82) is 0 Å². The number of thioether (sulfide) groups is 1. The van der Waals surface area contributed by atoms with Gasteiger partial charge in [0.2, 0.25) is 0 Å². The molecule has 1 N–H and O–H groups in total. The van der Waals surface area contributed by atoms with E-state index in [0.29, 0.717) is 17.9 Å². The van der Waals surface area contributed by atoms with Gasteiger partial charge in [-0.25, -0.2) is 0 Å². The van der Waals surface area contributed by atoms with E-state index in [0.717, 1.165) is 17.3 Å². The third-order valence-corrected chi connectivity index (χ3v) is 5.01. The van der Waals surface area contributed by atoms with Gasteiger partial charge in [0.25, 0.3) is 0 Å². The largest absolute Gasteiger partial charge is 0.492 e. The first-order chi connectivity index (χ1) is 10.3. The molecule has 110 valence electrons. The Balaban J connectivity index is 1.85. The quantitative estimate of drug-likeness (QED) is 0.893. The van der Waals surface area contributed by atoms with Crippen molar-refractivity contribution in [3.05, 3.63) is 59.1 Å². The van der Waals surface area contributed by atoms with Crippen LogP contribution in [0, 0.1) is 0 Å². The molecule has 1 heterocycles. The van der Waals surface area contributed by atoms with Crippen LogP contribution in [0.3, 0.4) is 0 Å². The number of rotatable bonds is 4. The number of ether oxygens (including phenoxy) is 1. The second kappa shape index (κ2) is 6.73. The first kappa shape index (κ1) is 14.8. The van der Waals surface area contributed by atoms with E-state index in [4.69, 9.17) is 16.3 Å². The van der Waals surface area contributed by atoms with E-state index in [1.807, 2.05) is 42.1 Å². The number of hydrogen-bond acceptors (Lipinski definition) is 3. The minimum atomic E-state index is 0.295. The topological polar surface area (TPSA) is 21.3 Å². The Kier molecular flexibility index (Phi) is 4.73. The molecule has 21 heavy (non-hydrogen) atoms. The number of halogens is 1. The van der Waals surface area contributed by atoms with Crippen molar-refractivity contribution < 1.29 is 4.74 Å². The van der Waals surface area contributed by atoms with Gasteiger partial charge >= 0.3 is 0 Å². The van der Waals surface area contributed by atoms with Crippen LogP contribution in [-0.4, -0.2) is 18.4 Å². The molecule has 4 heteroatoms. The summed E-state index contributed by atoms with van der Waals surface area (Å²) in [6.45, 7) is 3.77. The third kappa shape index (κ3) is 3.37. The molecular formula is C17H18ClNOS. The van der Waals surface area contributed by atoms with Gasteiger partial charge in [0.15, 0.2) is 0 Å². The maximum absolute atomic E-state index is 6.08. The van der Waals surface area contributed by atoms with E-state index in [2.05, 4.69) is 30.4 Å². The van der Waals surface area contributed by atoms with Crippen LogP contribution in [0.4, 0.5) is 0 Å². The minimum Gasteiger partial charge on any atom is -0.492 e. The smallest absolute Gasteiger partial charge is 0.124 e. The number of hydrogen-bond donors (Lipinski definition) is 1. The summed E-state index contributed by atoms with van der Waals surface area (Å²) in [7, 11) is 0. The lowest BCUT2D eigenvalue weighted by Gasteiger charge is -2.33. The Morgan fingerprint density at radius 3 is 2.90 bits per heavy atom. The highest BCUT2D eigenvalue weighted by molar-refractivity contribution is 8.00. The van der Waals surface area contributed by atoms with Crippen LogP contribution < -0.4 is 10.1 Å². The zero-order valence-corrected chi connectivity index (χ0v) is 13.5. The summed E-state index contributed by atoms with van der Waals surface area (Å²) in [5, 5.41) is 4.70. The molecule has 0 saturated heterocycles. The molecule has 0 saturated carbocycles. The highest BCUT2D eigenvalue weighted by Gasteiger charge is 2.30. The fourth-order valence-corrected chi connectivity index (χ4v) is 4.09. The Labute approximate surface area is 134 Å². The average molecular weight is 320 g/mol. The number of benzene rings is 2. The number of para-hydroxylation sites is 1. The zero-order chi connectivity index (χ0) is 14.7. The molecule has 2 nitrogen and oxygen atoms in total. The molecule has 0 aromatic heterocycles. The van der Waals surface area contributed by atoms with Crippen molar-refractivity contribution in [2.75, 3.05) is 13.2 Å². The van der Waals surface area contributed by atoms with Crippen molar-refractivity contribution in [1.82, 2.24) is 5.32 Å². The first-order valence-corrected chi connectivity index (χ1v) is 8.41. The van der Waals surface area contributed by atoms with E-state index in [1.54, 1.807) is 0 Å².